The summed E-state index contributed by atoms with van der Waals surface area (Å²) in [5.74, 6) is 1.08. The number of aliphatic hydroxyl groups is 1. The van der Waals surface area contributed by atoms with Crippen LogP contribution in [-0.2, 0) is 9.53 Å². The van der Waals surface area contributed by atoms with E-state index >= 15 is 0 Å². The number of hydrogen-bond acceptors (Lipinski definition) is 3. The SMILES string of the molecule is CC(C)(O)C(OC12CC3CC(CC(C3)C1)C2)C(=O)O. The summed E-state index contributed by atoms with van der Waals surface area (Å²) in [4.78, 5) is 11.4. The second kappa shape index (κ2) is 4.19. The summed E-state index contributed by atoms with van der Waals surface area (Å²) in [6, 6.07) is 0. The van der Waals surface area contributed by atoms with E-state index < -0.39 is 17.7 Å². The van der Waals surface area contributed by atoms with E-state index in [9.17, 15) is 15.0 Å². The molecule has 0 aliphatic heterocycles. The third-order valence-electron chi connectivity index (χ3n) is 5.22. The fourth-order valence-electron chi connectivity index (χ4n) is 4.92. The van der Waals surface area contributed by atoms with Gasteiger partial charge in [0.2, 0.25) is 0 Å². The minimum absolute atomic E-state index is 0.280. The van der Waals surface area contributed by atoms with Crippen LogP contribution in [0.25, 0.3) is 0 Å². The topological polar surface area (TPSA) is 66.8 Å². The molecular formula is C15H24O4. The lowest BCUT2D eigenvalue weighted by Crippen LogP contribution is -2.57. The van der Waals surface area contributed by atoms with Gasteiger partial charge in [0, 0.05) is 0 Å². The first-order valence-electron chi connectivity index (χ1n) is 7.40. The Labute approximate surface area is 114 Å². The van der Waals surface area contributed by atoms with E-state index in [1.807, 2.05) is 0 Å². The summed E-state index contributed by atoms with van der Waals surface area (Å²) in [6.07, 6.45) is 5.72. The van der Waals surface area contributed by atoms with Crippen molar-refractivity contribution in [3.05, 3.63) is 0 Å². The molecule has 4 nitrogen and oxygen atoms in total. The Morgan fingerprint density at radius 3 is 1.89 bits per heavy atom. The Hall–Kier alpha value is -0.610. The molecule has 4 heteroatoms. The fourth-order valence-corrected chi connectivity index (χ4v) is 4.92. The summed E-state index contributed by atoms with van der Waals surface area (Å²) in [5, 5.41) is 19.4. The van der Waals surface area contributed by atoms with Crippen LogP contribution in [0.5, 0.6) is 0 Å². The van der Waals surface area contributed by atoms with Crippen molar-refractivity contribution in [1.29, 1.82) is 0 Å². The number of carboxylic acid groups (broad SMARTS) is 1. The van der Waals surface area contributed by atoms with Crippen LogP contribution in [0.1, 0.15) is 52.4 Å². The smallest absolute Gasteiger partial charge is 0.335 e. The molecule has 1 atom stereocenters. The first-order chi connectivity index (χ1) is 8.77. The lowest BCUT2D eigenvalue weighted by Gasteiger charge is -2.57. The molecule has 0 aromatic carbocycles. The molecule has 4 bridgehead atoms. The van der Waals surface area contributed by atoms with Crippen LogP contribution < -0.4 is 0 Å². The van der Waals surface area contributed by atoms with E-state index in [4.69, 9.17) is 4.74 Å². The molecule has 0 aromatic rings. The van der Waals surface area contributed by atoms with Crippen molar-refractivity contribution in [3.8, 4) is 0 Å². The van der Waals surface area contributed by atoms with Gasteiger partial charge in [0.15, 0.2) is 6.10 Å². The predicted molar refractivity (Wildman–Crippen MR) is 69.7 cm³/mol. The molecule has 108 valence electrons. The van der Waals surface area contributed by atoms with Gasteiger partial charge in [-0.25, -0.2) is 4.79 Å². The van der Waals surface area contributed by atoms with Crippen LogP contribution in [0, 0.1) is 17.8 Å². The second-order valence-corrected chi connectivity index (χ2v) is 7.59. The van der Waals surface area contributed by atoms with Crippen LogP contribution in [0.4, 0.5) is 0 Å². The molecule has 4 saturated carbocycles. The van der Waals surface area contributed by atoms with Crippen LogP contribution in [0.2, 0.25) is 0 Å². The van der Waals surface area contributed by atoms with Crippen LogP contribution >= 0.6 is 0 Å². The number of carbonyl (C=O) groups is 1. The van der Waals surface area contributed by atoms with Crippen molar-refractivity contribution < 1.29 is 19.7 Å². The lowest BCUT2D eigenvalue weighted by molar-refractivity contribution is -0.228. The van der Waals surface area contributed by atoms with Crippen LogP contribution in [-0.4, -0.2) is 33.5 Å². The van der Waals surface area contributed by atoms with Crippen molar-refractivity contribution in [2.45, 2.75) is 69.7 Å². The van der Waals surface area contributed by atoms with Gasteiger partial charge in [-0.15, -0.1) is 0 Å². The van der Waals surface area contributed by atoms with Gasteiger partial charge < -0.3 is 14.9 Å². The molecule has 4 aliphatic carbocycles. The number of aliphatic carboxylic acids is 1. The summed E-state index contributed by atoms with van der Waals surface area (Å²) >= 11 is 0. The molecular weight excluding hydrogens is 244 g/mol. The Balaban J connectivity index is 1.80. The molecule has 0 amide bonds. The molecule has 2 N–H and O–H groups in total. The van der Waals surface area contributed by atoms with Gasteiger partial charge in [-0.05, 0) is 70.1 Å². The number of carboxylic acids is 1. The minimum Gasteiger partial charge on any atom is -0.479 e. The van der Waals surface area contributed by atoms with E-state index in [0.717, 1.165) is 19.3 Å². The normalized spacial score (nSPS) is 42.4. The molecule has 19 heavy (non-hydrogen) atoms. The summed E-state index contributed by atoms with van der Waals surface area (Å²) < 4.78 is 6.03. The molecule has 0 radical (unpaired) electrons. The highest BCUT2D eigenvalue weighted by molar-refractivity contribution is 5.73. The largest absolute Gasteiger partial charge is 0.479 e. The molecule has 1 unspecified atom stereocenters. The molecule has 4 fully saturated rings. The molecule has 4 rings (SSSR count). The van der Waals surface area contributed by atoms with Gasteiger partial charge >= 0.3 is 5.97 Å². The second-order valence-electron chi connectivity index (χ2n) is 7.59. The Kier molecular flexibility index (Phi) is 2.95. The molecule has 0 aromatic heterocycles. The first kappa shape index (κ1) is 13.4. The van der Waals surface area contributed by atoms with Gasteiger partial charge in [-0.2, -0.15) is 0 Å². The maximum atomic E-state index is 11.4. The standard InChI is InChI=1S/C15H24O4/c1-14(2,18)12(13(16)17)19-15-6-9-3-10(7-15)5-11(4-9)8-15/h9-12,18H,3-8H2,1-2H3,(H,16,17). The maximum Gasteiger partial charge on any atom is 0.335 e. The number of ether oxygens (including phenoxy) is 1. The van der Waals surface area contributed by atoms with E-state index in [2.05, 4.69) is 0 Å². The Bertz CT molecular complexity index is 347. The number of hydrogen-bond donors (Lipinski definition) is 2. The highest BCUT2D eigenvalue weighted by Gasteiger charge is 2.54. The van der Waals surface area contributed by atoms with Crippen LogP contribution in [0.3, 0.4) is 0 Å². The first-order valence-corrected chi connectivity index (χ1v) is 7.40. The molecule has 4 aliphatic rings. The van der Waals surface area contributed by atoms with Gasteiger partial charge in [0.25, 0.3) is 0 Å². The fraction of sp³-hybridized carbons (Fsp3) is 0.933. The van der Waals surface area contributed by atoms with Gasteiger partial charge in [0.05, 0.1) is 11.2 Å². The van der Waals surface area contributed by atoms with E-state index in [0.29, 0.717) is 17.8 Å². The highest BCUT2D eigenvalue weighted by Crippen LogP contribution is 2.57. The summed E-state index contributed by atoms with van der Waals surface area (Å²) in [5.41, 5.74) is -1.62. The van der Waals surface area contributed by atoms with Crippen molar-refractivity contribution >= 4 is 5.97 Å². The number of rotatable bonds is 4. The molecule has 0 spiro atoms. The zero-order valence-corrected chi connectivity index (χ0v) is 11.8. The van der Waals surface area contributed by atoms with Crippen molar-refractivity contribution in [2.24, 2.45) is 17.8 Å². The Morgan fingerprint density at radius 2 is 1.58 bits per heavy atom. The monoisotopic (exact) mass is 268 g/mol. The summed E-state index contributed by atoms with van der Waals surface area (Å²) in [6.45, 7) is 3.04. The lowest BCUT2D eigenvalue weighted by atomic mass is 9.54. The van der Waals surface area contributed by atoms with Crippen molar-refractivity contribution in [3.63, 3.8) is 0 Å². The van der Waals surface area contributed by atoms with Crippen molar-refractivity contribution in [1.82, 2.24) is 0 Å². The van der Waals surface area contributed by atoms with Crippen LogP contribution in [0.15, 0.2) is 0 Å². The summed E-state index contributed by atoms with van der Waals surface area (Å²) in [7, 11) is 0. The maximum absolute atomic E-state index is 11.4. The third kappa shape index (κ3) is 2.40. The highest BCUT2D eigenvalue weighted by atomic mass is 16.5. The zero-order valence-electron chi connectivity index (χ0n) is 11.8. The van der Waals surface area contributed by atoms with Gasteiger partial charge in [-0.3, -0.25) is 0 Å². The van der Waals surface area contributed by atoms with Crippen molar-refractivity contribution in [2.75, 3.05) is 0 Å². The quantitative estimate of drug-likeness (QED) is 0.820. The third-order valence-corrected chi connectivity index (χ3v) is 5.22. The van der Waals surface area contributed by atoms with E-state index in [1.54, 1.807) is 0 Å². The average Bonchev–Trinajstić information content (AvgIpc) is 2.22. The Morgan fingerprint density at radius 1 is 1.16 bits per heavy atom. The van der Waals surface area contributed by atoms with E-state index in [1.165, 1.54) is 33.1 Å². The average molecular weight is 268 g/mol. The van der Waals surface area contributed by atoms with Gasteiger partial charge in [-0.1, -0.05) is 0 Å². The van der Waals surface area contributed by atoms with Gasteiger partial charge in [0.1, 0.15) is 0 Å². The minimum atomic E-state index is -1.34. The predicted octanol–water partition coefficient (Wildman–Crippen LogP) is 2.20. The zero-order chi connectivity index (χ0) is 13.8. The molecule has 0 heterocycles. The molecule has 0 saturated heterocycles. The van der Waals surface area contributed by atoms with E-state index in [-0.39, 0.29) is 5.60 Å².